The third-order valence-electron chi connectivity index (χ3n) is 1.79. The summed E-state index contributed by atoms with van der Waals surface area (Å²) in [4.78, 5) is 0. The van der Waals surface area contributed by atoms with Gasteiger partial charge in [0.05, 0.1) is 0 Å². The summed E-state index contributed by atoms with van der Waals surface area (Å²) in [6.45, 7) is 0. The second-order valence-corrected chi connectivity index (χ2v) is 2.93. The molecule has 0 radical (unpaired) electrons. The Bertz CT molecular complexity index is 382. The molecule has 0 saturated carbocycles. The SMILES string of the molecule is ClCCc1cccc2n[nH]nc12. The largest absolute Gasteiger partial charge is 0.197 e. The van der Waals surface area contributed by atoms with E-state index in [0.29, 0.717) is 5.88 Å². The topological polar surface area (TPSA) is 41.6 Å². The number of aromatic amines is 1. The van der Waals surface area contributed by atoms with Gasteiger partial charge in [-0.05, 0) is 18.1 Å². The van der Waals surface area contributed by atoms with Crippen molar-refractivity contribution in [2.45, 2.75) is 6.42 Å². The van der Waals surface area contributed by atoms with Crippen LogP contribution >= 0.6 is 11.6 Å². The van der Waals surface area contributed by atoms with Gasteiger partial charge < -0.3 is 0 Å². The van der Waals surface area contributed by atoms with Gasteiger partial charge in [0, 0.05) is 5.88 Å². The molecule has 0 unspecified atom stereocenters. The molecule has 0 bridgehead atoms. The Hall–Kier alpha value is -1.09. The van der Waals surface area contributed by atoms with Gasteiger partial charge in [-0.25, -0.2) is 0 Å². The maximum absolute atomic E-state index is 5.65. The van der Waals surface area contributed by atoms with Crippen LogP contribution in [0.1, 0.15) is 5.56 Å². The highest BCUT2D eigenvalue weighted by molar-refractivity contribution is 6.18. The highest BCUT2D eigenvalue weighted by Crippen LogP contribution is 2.13. The van der Waals surface area contributed by atoms with Crippen molar-refractivity contribution < 1.29 is 0 Å². The minimum Gasteiger partial charge on any atom is -0.197 e. The van der Waals surface area contributed by atoms with Gasteiger partial charge in [0.2, 0.25) is 0 Å². The second-order valence-electron chi connectivity index (χ2n) is 2.55. The number of nitrogens with zero attached hydrogens (tertiary/aromatic N) is 2. The lowest BCUT2D eigenvalue weighted by atomic mass is 10.1. The number of H-pyrrole nitrogens is 1. The molecular weight excluding hydrogens is 174 g/mol. The maximum atomic E-state index is 5.65. The normalized spacial score (nSPS) is 10.8. The Balaban J connectivity index is 2.57. The first kappa shape index (κ1) is 7.55. The average molecular weight is 182 g/mol. The fraction of sp³-hybridized carbons (Fsp3) is 0.250. The Labute approximate surface area is 74.7 Å². The van der Waals surface area contributed by atoms with E-state index in [1.807, 2.05) is 18.2 Å². The number of hydrogen-bond acceptors (Lipinski definition) is 2. The van der Waals surface area contributed by atoms with Crippen LogP contribution in [0.4, 0.5) is 0 Å². The summed E-state index contributed by atoms with van der Waals surface area (Å²) < 4.78 is 0. The lowest BCUT2D eigenvalue weighted by Gasteiger charge is -1.95. The number of halogens is 1. The zero-order chi connectivity index (χ0) is 8.39. The summed E-state index contributed by atoms with van der Waals surface area (Å²) in [6.07, 6.45) is 0.839. The average Bonchev–Trinajstić information content (AvgIpc) is 2.53. The quantitative estimate of drug-likeness (QED) is 0.718. The minimum atomic E-state index is 0.617. The molecule has 1 heterocycles. The van der Waals surface area contributed by atoms with Crippen LogP contribution in [0.15, 0.2) is 18.2 Å². The second kappa shape index (κ2) is 3.11. The molecule has 0 aliphatic heterocycles. The number of para-hydroxylation sites is 1. The third-order valence-corrected chi connectivity index (χ3v) is 1.98. The van der Waals surface area contributed by atoms with Gasteiger partial charge in [-0.3, -0.25) is 0 Å². The van der Waals surface area contributed by atoms with Gasteiger partial charge in [0.25, 0.3) is 0 Å². The van der Waals surface area contributed by atoms with Crippen molar-refractivity contribution in [3.63, 3.8) is 0 Å². The van der Waals surface area contributed by atoms with E-state index in [2.05, 4.69) is 15.4 Å². The van der Waals surface area contributed by atoms with Crippen LogP contribution < -0.4 is 0 Å². The van der Waals surface area contributed by atoms with Crippen molar-refractivity contribution in [2.24, 2.45) is 0 Å². The molecule has 2 aromatic rings. The Kier molecular flexibility index (Phi) is 1.96. The van der Waals surface area contributed by atoms with Crippen LogP contribution in [0, 0.1) is 0 Å². The van der Waals surface area contributed by atoms with E-state index in [9.17, 15) is 0 Å². The number of alkyl halides is 1. The fourth-order valence-electron chi connectivity index (χ4n) is 1.23. The highest BCUT2D eigenvalue weighted by Gasteiger charge is 2.02. The maximum Gasteiger partial charge on any atom is 0.116 e. The lowest BCUT2D eigenvalue weighted by molar-refractivity contribution is 0.956. The van der Waals surface area contributed by atoms with Crippen molar-refractivity contribution >= 4 is 22.6 Å². The van der Waals surface area contributed by atoms with Gasteiger partial charge in [0.15, 0.2) is 0 Å². The molecule has 0 aliphatic carbocycles. The van der Waals surface area contributed by atoms with Gasteiger partial charge >= 0.3 is 0 Å². The van der Waals surface area contributed by atoms with E-state index in [4.69, 9.17) is 11.6 Å². The summed E-state index contributed by atoms with van der Waals surface area (Å²) in [5.41, 5.74) is 2.98. The molecule has 62 valence electrons. The molecule has 0 aliphatic rings. The number of nitrogens with one attached hydrogen (secondary N) is 1. The van der Waals surface area contributed by atoms with E-state index < -0.39 is 0 Å². The van der Waals surface area contributed by atoms with E-state index in [-0.39, 0.29) is 0 Å². The predicted molar refractivity (Wildman–Crippen MR) is 48.3 cm³/mol. The van der Waals surface area contributed by atoms with E-state index in [1.165, 1.54) is 0 Å². The molecular formula is C8H8ClN3. The smallest absolute Gasteiger partial charge is 0.116 e. The summed E-state index contributed by atoms with van der Waals surface area (Å²) in [5, 5.41) is 10.6. The summed E-state index contributed by atoms with van der Waals surface area (Å²) in [5.74, 6) is 0.617. The number of aromatic nitrogens is 3. The molecule has 0 saturated heterocycles. The monoisotopic (exact) mass is 181 g/mol. The Morgan fingerprint density at radius 2 is 2.25 bits per heavy atom. The van der Waals surface area contributed by atoms with Crippen LogP contribution in [-0.4, -0.2) is 21.3 Å². The summed E-state index contributed by atoms with van der Waals surface area (Å²) in [7, 11) is 0. The molecule has 0 amide bonds. The Morgan fingerprint density at radius 3 is 3.08 bits per heavy atom. The van der Waals surface area contributed by atoms with Crippen molar-refractivity contribution in [2.75, 3.05) is 5.88 Å². The molecule has 0 atom stereocenters. The van der Waals surface area contributed by atoms with E-state index in [1.54, 1.807) is 0 Å². The minimum absolute atomic E-state index is 0.617. The standard InChI is InChI=1S/C8H8ClN3/c9-5-4-6-2-1-3-7-8(6)11-12-10-7/h1-3H,4-5H2,(H,10,11,12). The molecule has 1 aromatic carbocycles. The first-order chi connectivity index (χ1) is 5.92. The van der Waals surface area contributed by atoms with Gasteiger partial charge in [-0.1, -0.05) is 12.1 Å². The molecule has 3 nitrogen and oxygen atoms in total. The molecule has 12 heavy (non-hydrogen) atoms. The molecule has 2 rings (SSSR count). The van der Waals surface area contributed by atoms with E-state index in [0.717, 1.165) is 23.0 Å². The zero-order valence-electron chi connectivity index (χ0n) is 6.42. The van der Waals surface area contributed by atoms with Crippen molar-refractivity contribution in [3.8, 4) is 0 Å². The number of rotatable bonds is 2. The molecule has 0 fully saturated rings. The highest BCUT2D eigenvalue weighted by atomic mass is 35.5. The molecule has 1 N–H and O–H groups in total. The first-order valence-corrected chi connectivity index (χ1v) is 4.29. The molecule has 1 aromatic heterocycles. The molecule has 0 spiro atoms. The van der Waals surface area contributed by atoms with Gasteiger partial charge in [-0.2, -0.15) is 15.4 Å². The fourth-order valence-corrected chi connectivity index (χ4v) is 1.43. The predicted octanol–water partition coefficient (Wildman–Crippen LogP) is 1.74. The van der Waals surface area contributed by atoms with Gasteiger partial charge in [0.1, 0.15) is 11.0 Å². The van der Waals surface area contributed by atoms with Crippen LogP contribution in [-0.2, 0) is 6.42 Å². The summed E-state index contributed by atoms with van der Waals surface area (Å²) in [6, 6.07) is 5.91. The van der Waals surface area contributed by atoms with Crippen molar-refractivity contribution in [1.29, 1.82) is 0 Å². The van der Waals surface area contributed by atoms with Crippen molar-refractivity contribution in [3.05, 3.63) is 23.8 Å². The number of benzene rings is 1. The Morgan fingerprint density at radius 1 is 1.33 bits per heavy atom. The number of hydrogen-bond donors (Lipinski definition) is 1. The first-order valence-electron chi connectivity index (χ1n) is 3.76. The number of fused-ring (bicyclic) bond motifs is 1. The summed E-state index contributed by atoms with van der Waals surface area (Å²) >= 11 is 5.65. The molecule has 4 heteroatoms. The number of aryl methyl sites for hydroxylation is 1. The van der Waals surface area contributed by atoms with Crippen LogP contribution in [0.3, 0.4) is 0 Å². The lowest BCUT2D eigenvalue weighted by Crippen LogP contribution is -1.87. The van der Waals surface area contributed by atoms with Crippen LogP contribution in [0.25, 0.3) is 11.0 Å². The van der Waals surface area contributed by atoms with Crippen LogP contribution in [0.5, 0.6) is 0 Å². The zero-order valence-corrected chi connectivity index (χ0v) is 7.17. The van der Waals surface area contributed by atoms with E-state index >= 15 is 0 Å². The van der Waals surface area contributed by atoms with Crippen LogP contribution in [0.2, 0.25) is 0 Å². The van der Waals surface area contributed by atoms with Crippen molar-refractivity contribution in [1.82, 2.24) is 15.4 Å². The van der Waals surface area contributed by atoms with Gasteiger partial charge in [-0.15, -0.1) is 11.6 Å². The third kappa shape index (κ3) is 1.16.